The van der Waals surface area contributed by atoms with Crippen molar-refractivity contribution in [3.63, 3.8) is 0 Å². The number of benzene rings is 4. The van der Waals surface area contributed by atoms with Crippen LogP contribution in [-0.4, -0.2) is 68.7 Å². The van der Waals surface area contributed by atoms with E-state index in [0.29, 0.717) is 43.7 Å². The highest BCUT2D eigenvalue weighted by atomic mass is 32.2. The molecule has 0 aromatic heterocycles. The summed E-state index contributed by atoms with van der Waals surface area (Å²) in [6.07, 6.45) is 0. The molecule has 43 heavy (non-hydrogen) atoms. The Balaban J connectivity index is 1.08. The second kappa shape index (κ2) is 14.9. The maximum Gasteiger partial charge on any atom is 0.206 e. The third-order valence-corrected chi connectivity index (χ3v) is 9.72. The summed E-state index contributed by atoms with van der Waals surface area (Å²) in [6, 6.07) is 23.8. The van der Waals surface area contributed by atoms with Crippen molar-refractivity contribution in [2.24, 2.45) is 0 Å². The summed E-state index contributed by atoms with van der Waals surface area (Å²) in [7, 11) is -5.82. The van der Waals surface area contributed by atoms with E-state index in [-0.39, 0.29) is 38.5 Å². The van der Waals surface area contributed by atoms with E-state index in [0.717, 1.165) is 0 Å². The Kier molecular flexibility index (Phi) is 11.0. The lowest BCUT2D eigenvalue weighted by molar-refractivity contribution is 0.0273. The molecule has 1 N–H and O–H groups in total. The summed E-state index contributed by atoms with van der Waals surface area (Å²) in [5, 5.41) is 9.37. The molecule has 228 valence electrons. The maximum absolute atomic E-state index is 12.8. The average molecular weight is 629 g/mol. The Morgan fingerprint density at radius 3 is 1.12 bits per heavy atom. The molecule has 0 amide bonds. The number of aromatic hydroxyl groups is 1. The number of hydrogen-bond donors (Lipinski definition) is 1. The van der Waals surface area contributed by atoms with Gasteiger partial charge in [-0.25, -0.2) is 16.8 Å². The van der Waals surface area contributed by atoms with E-state index in [2.05, 4.69) is 0 Å². The first-order chi connectivity index (χ1) is 20.7. The number of phenolic OH excluding ortho intramolecular Hbond substituents is 1. The van der Waals surface area contributed by atoms with Crippen LogP contribution in [0.1, 0.15) is 0 Å². The van der Waals surface area contributed by atoms with Crippen LogP contribution in [0.3, 0.4) is 0 Å². The number of sulfone groups is 2. The van der Waals surface area contributed by atoms with Crippen molar-refractivity contribution in [2.75, 3.05) is 46.8 Å². The Hall–Kier alpha value is -4.10. The van der Waals surface area contributed by atoms with Crippen molar-refractivity contribution in [1.82, 2.24) is 0 Å². The average Bonchev–Trinajstić information content (AvgIpc) is 3.02. The van der Waals surface area contributed by atoms with E-state index in [1.165, 1.54) is 67.8 Å². The molecule has 4 rings (SSSR count). The molecule has 0 atom stereocenters. The van der Waals surface area contributed by atoms with Crippen LogP contribution in [0.4, 0.5) is 0 Å². The Labute approximate surface area is 251 Å². The van der Waals surface area contributed by atoms with E-state index in [1.807, 2.05) is 0 Å². The van der Waals surface area contributed by atoms with Crippen molar-refractivity contribution in [3.05, 3.63) is 97.1 Å². The minimum atomic E-state index is -3.69. The molecule has 0 fully saturated rings. The van der Waals surface area contributed by atoms with E-state index in [9.17, 15) is 21.9 Å². The molecule has 0 bridgehead atoms. The molecule has 4 aromatic rings. The highest BCUT2D eigenvalue weighted by molar-refractivity contribution is 7.91. The van der Waals surface area contributed by atoms with Gasteiger partial charge in [-0.15, -0.1) is 0 Å². The largest absolute Gasteiger partial charge is 0.508 e. The summed E-state index contributed by atoms with van der Waals surface area (Å²) < 4.78 is 78.2. The summed E-state index contributed by atoms with van der Waals surface area (Å²) in [5.41, 5.74) is 0. The molecular weight excluding hydrogens is 596 g/mol. The summed E-state index contributed by atoms with van der Waals surface area (Å²) >= 11 is 0. The highest BCUT2D eigenvalue weighted by Crippen LogP contribution is 2.26. The molecular formula is C31H32O10S2. The van der Waals surface area contributed by atoms with Gasteiger partial charge in [-0.05, 0) is 97.1 Å². The van der Waals surface area contributed by atoms with Crippen molar-refractivity contribution in [2.45, 2.75) is 19.6 Å². The highest BCUT2D eigenvalue weighted by Gasteiger charge is 2.18. The molecule has 12 heteroatoms. The fourth-order valence-electron chi connectivity index (χ4n) is 3.84. The standard InChI is InChI=1S/C31H32O10S2/c1-37-25-4-12-29(13-5-25)43(35,36)31-16-8-27(9-17-31)41-23-21-39-19-18-38-20-22-40-26-6-14-30(15-7-26)42(33,34)28-10-2-24(32)3-11-28/h2-17,32H,18-23H2,1H3. The number of methoxy groups -OCH3 is 1. The van der Waals surface area contributed by atoms with Crippen LogP contribution in [-0.2, 0) is 29.1 Å². The van der Waals surface area contributed by atoms with Gasteiger partial charge in [-0.1, -0.05) is 0 Å². The lowest BCUT2D eigenvalue weighted by atomic mass is 10.3. The van der Waals surface area contributed by atoms with E-state index < -0.39 is 19.7 Å². The van der Waals surface area contributed by atoms with Gasteiger partial charge in [0, 0.05) is 0 Å². The van der Waals surface area contributed by atoms with Crippen LogP contribution < -0.4 is 14.2 Å². The topological polar surface area (TPSA) is 135 Å². The van der Waals surface area contributed by atoms with Crippen LogP contribution in [0, 0.1) is 0 Å². The predicted octanol–water partition coefficient (Wildman–Crippen LogP) is 4.56. The molecule has 0 spiro atoms. The summed E-state index contributed by atoms with van der Waals surface area (Å²) in [6.45, 7) is 1.91. The molecule has 10 nitrogen and oxygen atoms in total. The normalized spacial score (nSPS) is 11.7. The molecule has 0 aliphatic carbocycles. The Bertz CT molecular complexity index is 1650. The van der Waals surface area contributed by atoms with Crippen LogP contribution in [0.25, 0.3) is 0 Å². The molecule has 0 saturated heterocycles. The zero-order chi connectivity index (χ0) is 30.7. The van der Waals surface area contributed by atoms with Gasteiger partial charge in [0.15, 0.2) is 0 Å². The molecule has 0 radical (unpaired) electrons. The zero-order valence-electron chi connectivity index (χ0n) is 23.4. The molecule has 0 aliphatic rings. The van der Waals surface area contributed by atoms with Crippen LogP contribution in [0.15, 0.2) is 117 Å². The van der Waals surface area contributed by atoms with Crippen molar-refractivity contribution in [3.8, 4) is 23.0 Å². The Morgan fingerprint density at radius 1 is 0.465 bits per heavy atom. The van der Waals surface area contributed by atoms with Crippen molar-refractivity contribution in [1.29, 1.82) is 0 Å². The number of rotatable bonds is 16. The first-order valence-electron chi connectivity index (χ1n) is 13.2. The fraction of sp³-hybridized carbons (Fsp3) is 0.226. The minimum absolute atomic E-state index is 0.00703. The lowest BCUT2D eigenvalue weighted by Crippen LogP contribution is -2.13. The third kappa shape index (κ3) is 8.71. The predicted molar refractivity (Wildman–Crippen MR) is 158 cm³/mol. The second-order valence-electron chi connectivity index (χ2n) is 9.04. The molecule has 0 saturated carbocycles. The minimum Gasteiger partial charge on any atom is -0.508 e. The van der Waals surface area contributed by atoms with Gasteiger partial charge in [-0.2, -0.15) is 0 Å². The fourth-order valence-corrected chi connectivity index (χ4v) is 6.36. The van der Waals surface area contributed by atoms with Gasteiger partial charge in [-0.3, -0.25) is 0 Å². The lowest BCUT2D eigenvalue weighted by Gasteiger charge is -2.10. The smallest absolute Gasteiger partial charge is 0.206 e. The monoisotopic (exact) mass is 628 g/mol. The zero-order valence-corrected chi connectivity index (χ0v) is 25.1. The van der Waals surface area contributed by atoms with Crippen LogP contribution >= 0.6 is 0 Å². The molecule has 4 aromatic carbocycles. The van der Waals surface area contributed by atoms with Crippen molar-refractivity contribution < 1.29 is 45.6 Å². The quantitative estimate of drug-likeness (QED) is 0.176. The summed E-state index contributed by atoms with van der Waals surface area (Å²) in [4.78, 5) is 0.559. The number of ether oxygens (including phenoxy) is 5. The van der Waals surface area contributed by atoms with Gasteiger partial charge >= 0.3 is 0 Å². The van der Waals surface area contributed by atoms with Crippen LogP contribution in [0.5, 0.6) is 23.0 Å². The number of hydrogen-bond acceptors (Lipinski definition) is 10. The molecule has 0 heterocycles. The first-order valence-corrected chi connectivity index (χ1v) is 16.2. The van der Waals surface area contributed by atoms with Gasteiger partial charge in [0.1, 0.15) is 36.2 Å². The maximum atomic E-state index is 12.8. The van der Waals surface area contributed by atoms with E-state index in [4.69, 9.17) is 23.7 Å². The van der Waals surface area contributed by atoms with Gasteiger partial charge in [0.25, 0.3) is 0 Å². The first kappa shape index (κ1) is 31.8. The Morgan fingerprint density at radius 2 is 0.767 bits per heavy atom. The third-order valence-electron chi connectivity index (χ3n) is 6.15. The summed E-state index contributed by atoms with van der Waals surface area (Å²) in [5.74, 6) is 1.60. The van der Waals surface area contributed by atoms with Crippen molar-refractivity contribution >= 4 is 19.7 Å². The van der Waals surface area contributed by atoms with Crippen LogP contribution in [0.2, 0.25) is 0 Å². The van der Waals surface area contributed by atoms with Gasteiger partial charge in [0.2, 0.25) is 19.7 Å². The SMILES string of the molecule is COc1ccc(S(=O)(=O)c2ccc(OCCOCCOCCOc3ccc(S(=O)(=O)c4ccc(O)cc4)cc3)cc2)cc1. The van der Waals surface area contributed by atoms with E-state index >= 15 is 0 Å². The van der Waals surface area contributed by atoms with Gasteiger partial charge in [0.05, 0.1) is 53.1 Å². The second-order valence-corrected chi connectivity index (χ2v) is 12.9. The van der Waals surface area contributed by atoms with Gasteiger partial charge < -0.3 is 28.8 Å². The van der Waals surface area contributed by atoms with E-state index in [1.54, 1.807) is 36.4 Å². The molecule has 0 unspecified atom stereocenters. The molecule has 0 aliphatic heterocycles. The number of phenols is 1.